The maximum Gasteiger partial charge on any atom is 0.0155 e. The van der Waals surface area contributed by atoms with Crippen LogP contribution in [0.4, 0.5) is 0 Å². The van der Waals surface area contributed by atoms with Crippen LogP contribution in [0.15, 0.2) is 0 Å². The number of rotatable bonds is 0. The van der Waals surface area contributed by atoms with Gasteiger partial charge in [0.15, 0.2) is 0 Å². The molecule has 0 aromatic carbocycles. The van der Waals surface area contributed by atoms with Crippen molar-refractivity contribution in [2.75, 3.05) is 13.1 Å². The highest BCUT2D eigenvalue weighted by atomic mass is 15.2. The van der Waals surface area contributed by atoms with E-state index in [9.17, 15) is 0 Å². The van der Waals surface area contributed by atoms with Crippen molar-refractivity contribution in [2.24, 2.45) is 5.92 Å². The zero-order valence-corrected chi connectivity index (χ0v) is 7.06. The fourth-order valence-electron chi connectivity index (χ4n) is 2.58. The van der Waals surface area contributed by atoms with Crippen molar-refractivity contribution in [3.63, 3.8) is 0 Å². The molecule has 0 aromatic heterocycles. The molecule has 0 aromatic rings. The Morgan fingerprint density at radius 1 is 1.20 bits per heavy atom. The van der Waals surface area contributed by atoms with Crippen LogP contribution in [0, 0.1) is 5.92 Å². The van der Waals surface area contributed by atoms with E-state index in [4.69, 9.17) is 0 Å². The lowest BCUT2D eigenvalue weighted by molar-refractivity contribution is -0.00584. The molecule has 3 aliphatic heterocycles. The van der Waals surface area contributed by atoms with Gasteiger partial charge in [-0.15, -0.1) is 0 Å². The van der Waals surface area contributed by atoms with Gasteiger partial charge in [-0.05, 0) is 52.1 Å². The van der Waals surface area contributed by atoms with Crippen LogP contribution >= 0.6 is 0 Å². The topological polar surface area (TPSA) is 3.24 Å². The largest absolute Gasteiger partial charge is 0.298 e. The average Bonchev–Trinajstić information content (AvgIpc) is 1.87. The molecule has 1 heteroatoms. The highest BCUT2D eigenvalue weighted by molar-refractivity contribution is 4.93. The van der Waals surface area contributed by atoms with Crippen molar-refractivity contribution in [1.82, 2.24) is 4.90 Å². The summed E-state index contributed by atoms with van der Waals surface area (Å²) in [6.45, 7) is 7.49. The van der Waals surface area contributed by atoms with E-state index in [0.29, 0.717) is 5.54 Å². The van der Waals surface area contributed by atoms with Gasteiger partial charge in [-0.2, -0.15) is 0 Å². The van der Waals surface area contributed by atoms with Crippen LogP contribution in [-0.4, -0.2) is 23.5 Å². The molecule has 0 saturated carbocycles. The maximum absolute atomic E-state index is 2.65. The van der Waals surface area contributed by atoms with Gasteiger partial charge >= 0.3 is 0 Å². The quantitative estimate of drug-likeness (QED) is 0.495. The first kappa shape index (κ1) is 6.66. The molecular weight excluding hydrogens is 122 g/mol. The monoisotopic (exact) mass is 139 g/mol. The molecule has 0 aliphatic carbocycles. The molecule has 3 saturated heterocycles. The van der Waals surface area contributed by atoms with Crippen molar-refractivity contribution >= 4 is 0 Å². The van der Waals surface area contributed by atoms with Gasteiger partial charge in [-0.1, -0.05) is 0 Å². The van der Waals surface area contributed by atoms with Crippen molar-refractivity contribution < 1.29 is 0 Å². The second-order valence-electron chi connectivity index (χ2n) is 4.45. The summed E-state index contributed by atoms with van der Waals surface area (Å²) in [6, 6.07) is 0. The minimum absolute atomic E-state index is 0.529. The van der Waals surface area contributed by atoms with Crippen LogP contribution in [0.1, 0.15) is 33.1 Å². The summed E-state index contributed by atoms with van der Waals surface area (Å²) >= 11 is 0. The lowest BCUT2D eigenvalue weighted by atomic mass is 9.77. The third-order valence-corrected chi connectivity index (χ3v) is 3.26. The van der Waals surface area contributed by atoms with E-state index in [-0.39, 0.29) is 0 Å². The van der Waals surface area contributed by atoms with Crippen LogP contribution < -0.4 is 0 Å². The second-order valence-corrected chi connectivity index (χ2v) is 4.45. The van der Waals surface area contributed by atoms with E-state index < -0.39 is 0 Å². The lowest BCUT2D eigenvalue weighted by Gasteiger charge is -2.51. The number of nitrogens with zero attached hydrogens (tertiary/aromatic N) is 1. The highest BCUT2D eigenvalue weighted by Crippen LogP contribution is 2.38. The first-order valence-corrected chi connectivity index (χ1v) is 4.43. The fourth-order valence-corrected chi connectivity index (χ4v) is 2.58. The van der Waals surface area contributed by atoms with Crippen LogP contribution in [0.2, 0.25) is 0 Å². The summed E-state index contributed by atoms with van der Waals surface area (Å²) < 4.78 is 0. The second kappa shape index (κ2) is 1.97. The van der Waals surface area contributed by atoms with Crippen LogP contribution in [-0.2, 0) is 0 Å². The minimum Gasteiger partial charge on any atom is -0.298 e. The Hall–Kier alpha value is -0.0400. The summed E-state index contributed by atoms with van der Waals surface area (Å²) in [5, 5.41) is 0. The standard InChI is InChI=1S/C9H17N/c1-9(2)7-8-3-5-10(9)6-4-8/h8H,3-7H2,1-2H3. The van der Waals surface area contributed by atoms with Crippen molar-refractivity contribution in [1.29, 1.82) is 0 Å². The van der Waals surface area contributed by atoms with E-state index in [0.717, 1.165) is 5.92 Å². The average molecular weight is 139 g/mol. The molecule has 2 bridgehead atoms. The molecular formula is C9H17N. The van der Waals surface area contributed by atoms with E-state index in [2.05, 4.69) is 18.7 Å². The predicted octanol–water partition coefficient (Wildman–Crippen LogP) is 1.88. The Morgan fingerprint density at radius 3 is 2.00 bits per heavy atom. The number of hydrogen-bond donors (Lipinski definition) is 0. The van der Waals surface area contributed by atoms with Gasteiger partial charge in [-0.25, -0.2) is 0 Å². The molecule has 3 rings (SSSR count). The molecule has 0 amide bonds. The number of piperidine rings is 3. The smallest absolute Gasteiger partial charge is 0.0155 e. The van der Waals surface area contributed by atoms with E-state index in [1.165, 1.54) is 32.4 Å². The van der Waals surface area contributed by atoms with Crippen LogP contribution in [0.3, 0.4) is 0 Å². The van der Waals surface area contributed by atoms with Gasteiger partial charge in [0.25, 0.3) is 0 Å². The fraction of sp³-hybridized carbons (Fsp3) is 1.00. The molecule has 0 N–H and O–H groups in total. The number of fused-ring (bicyclic) bond motifs is 3. The van der Waals surface area contributed by atoms with E-state index in [1.54, 1.807) is 0 Å². The van der Waals surface area contributed by atoms with Crippen LogP contribution in [0.25, 0.3) is 0 Å². The van der Waals surface area contributed by atoms with Crippen LogP contribution in [0.5, 0.6) is 0 Å². The van der Waals surface area contributed by atoms with E-state index >= 15 is 0 Å². The zero-order chi connectivity index (χ0) is 7.19. The normalized spacial score (nSPS) is 43.8. The molecule has 0 radical (unpaired) electrons. The van der Waals surface area contributed by atoms with Crippen molar-refractivity contribution in [3.8, 4) is 0 Å². The first-order valence-electron chi connectivity index (χ1n) is 4.43. The zero-order valence-electron chi connectivity index (χ0n) is 7.06. The molecule has 10 heavy (non-hydrogen) atoms. The van der Waals surface area contributed by atoms with E-state index in [1.807, 2.05) is 0 Å². The summed E-state index contributed by atoms with van der Waals surface area (Å²) in [4.78, 5) is 2.65. The summed E-state index contributed by atoms with van der Waals surface area (Å²) in [6.07, 6.45) is 4.36. The van der Waals surface area contributed by atoms with Gasteiger partial charge in [0.1, 0.15) is 0 Å². The molecule has 3 aliphatic rings. The third-order valence-electron chi connectivity index (χ3n) is 3.26. The van der Waals surface area contributed by atoms with Crippen molar-refractivity contribution in [3.05, 3.63) is 0 Å². The molecule has 1 nitrogen and oxygen atoms in total. The van der Waals surface area contributed by atoms with Gasteiger partial charge in [0.2, 0.25) is 0 Å². The summed E-state index contributed by atoms with van der Waals surface area (Å²) in [7, 11) is 0. The SMILES string of the molecule is CC1(C)CC2CCN1CC2. The predicted molar refractivity (Wildman–Crippen MR) is 43.0 cm³/mol. The Bertz CT molecular complexity index is 132. The summed E-state index contributed by atoms with van der Waals surface area (Å²) in [5.74, 6) is 1.06. The molecule has 0 spiro atoms. The number of hydrogen-bond acceptors (Lipinski definition) is 1. The molecule has 3 heterocycles. The van der Waals surface area contributed by atoms with Gasteiger partial charge in [0.05, 0.1) is 0 Å². The minimum atomic E-state index is 0.529. The van der Waals surface area contributed by atoms with Gasteiger partial charge < -0.3 is 0 Å². The Balaban J connectivity index is 2.15. The Morgan fingerprint density at radius 2 is 1.80 bits per heavy atom. The first-order chi connectivity index (χ1) is 4.68. The molecule has 3 fully saturated rings. The molecule has 0 atom stereocenters. The Labute approximate surface area is 63.4 Å². The Kier molecular flexibility index (Phi) is 1.31. The third kappa shape index (κ3) is 0.878. The maximum atomic E-state index is 2.65. The molecule has 58 valence electrons. The summed E-state index contributed by atoms with van der Waals surface area (Å²) in [5.41, 5.74) is 0.529. The highest BCUT2D eigenvalue weighted by Gasteiger charge is 2.38. The molecule has 0 unspecified atom stereocenters. The van der Waals surface area contributed by atoms with Gasteiger partial charge in [0, 0.05) is 5.54 Å². The van der Waals surface area contributed by atoms with Crippen molar-refractivity contribution in [2.45, 2.75) is 38.6 Å². The van der Waals surface area contributed by atoms with Gasteiger partial charge in [-0.3, -0.25) is 4.90 Å². The lowest BCUT2D eigenvalue weighted by Crippen LogP contribution is -2.54.